The maximum Gasteiger partial charge on any atom is 0.320 e. The van der Waals surface area contributed by atoms with Crippen molar-refractivity contribution >= 4 is 37.4 Å². The lowest BCUT2D eigenvalue weighted by Crippen LogP contribution is -2.68. The fraction of sp³-hybridized carbons (Fsp3) is 0.294. The summed E-state index contributed by atoms with van der Waals surface area (Å²) >= 11 is 0. The molecule has 0 aliphatic heterocycles. The lowest BCUT2D eigenvalue weighted by molar-refractivity contribution is 0.116. The Kier molecular flexibility index (Phi) is 13.6. The highest BCUT2D eigenvalue weighted by Gasteiger charge is 2.53. The molecule has 6 rings (SSSR count). The van der Waals surface area contributed by atoms with Crippen LogP contribution in [-0.4, -0.2) is 47.7 Å². The first-order chi connectivity index (χ1) is 28.3. The average molecular weight is 825 g/mol. The number of rotatable bonds is 16. The van der Waals surface area contributed by atoms with Crippen LogP contribution >= 0.6 is 0 Å². The zero-order valence-electron chi connectivity index (χ0n) is 35.8. The molecule has 0 saturated carbocycles. The summed E-state index contributed by atoms with van der Waals surface area (Å²) < 4.78 is 26.5. The van der Waals surface area contributed by atoms with Crippen LogP contribution in [0.5, 0.6) is 23.0 Å². The van der Waals surface area contributed by atoms with Crippen LogP contribution in [0.1, 0.15) is 65.2 Å². The minimum absolute atomic E-state index is 0.0914. The fourth-order valence-corrected chi connectivity index (χ4v) is 17.4. The molecule has 0 saturated heterocycles. The number of aliphatic hydroxyl groups excluding tert-OH is 2. The monoisotopic (exact) mass is 824 g/mol. The summed E-state index contributed by atoms with van der Waals surface area (Å²) in [7, 11) is -2.51. The van der Waals surface area contributed by atoms with Gasteiger partial charge in [-0.25, -0.2) is 0 Å². The van der Waals surface area contributed by atoms with Gasteiger partial charge in [-0.1, -0.05) is 175 Å². The van der Waals surface area contributed by atoms with Gasteiger partial charge in [0.15, 0.2) is 11.5 Å². The van der Waals surface area contributed by atoms with Crippen LogP contribution in [0, 0.1) is 5.92 Å². The normalized spacial score (nSPS) is 13.3. The zero-order valence-corrected chi connectivity index (χ0v) is 37.8. The van der Waals surface area contributed by atoms with E-state index in [9.17, 15) is 10.2 Å². The smallest absolute Gasteiger partial charge is 0.320 e. The van der Waals surface area contributed by atoms with E-state index in [2.05, 4.69) is 139 Å². The van der Waals surface area contributed by atoms with Gasteiger partial charge in [-0.3, -0.25) is 0 Å². The molecule has 2 N–H and O–H groups in total. The Morgan fingerprint density at radius 3 is 1.22 bits per heavy atom. The number of benzene rings is 6. The molecule has 0 aliphatic carbocycles. The zero-order chi connectivity index (χ0) is 42.3. The van der Waals surface area contributed by atoms with Crippen LogP contribution in [-0.2, 0) is 6.42 Å². The van der Waals surface area contributed by atoms with Gasteiger partial charge in [-0.2, -0.15) is 0 Å². The highest BCUT2D eigenvalue weighted by atomic mass is 28.4. The number of ether oxygens (including phenoxy) is 2. The van der Waals surface area contributed by atoms with E-state index in [0.29, 0.717) is 41.4 Å². The second-order valence-corrected chi connectivity index (χ2v) is 25.9. The molecule has 6 aromatic carbocycles. The molecule has 0 bridgehead atoms. The van der Waals surface area contributed by atoms with Gasteiger partial charge >= 0.3 is 16.6 Å². The van der Waals surface area contributed by atoms with Gasteiger partial charge in [0.1, 0.15) is 11.5 Å². The summed E-state index contributed by atoms with van der Waals surface area (Å²) in [5.41, 5.74) is 1.68. The Bertz CT molecular complexity index is 2160. The molecule has 2 atom stereocenters. The highest BCUT2D eigenvalue weighted by molar-refractivity contribution is 7.00. The van der Waals surface area contributed by atoms with Crippen molar-refractivity contribution in [2.24, 2.45) is 5.92 Å². The molecule has 308 valence electrons. The molecule has 0 radical (unpaired) electrons. The summed E-state index contributed by atoms with van der Waals surface area (Å²) in [5.74, 6) is 2.27. The molecule has 1 unspecified atom stereocenters. The Hall–Kier alpha value is -5.13. The largest absolute Gasteiger partial charge is 0.531 e. The Balaban J connectivity index is 1.25. The molecule has 8 heteroatoms. The minimum atomic E-state index is -2.92. The number of aliphatic hydroxyl groups is 2. The van der Waals surface area contributed by atoms with Gasteiger partial charge in [0.05, 0.1) is 20.3 Å². The Labute approximate surface area is 353 Å². The van der Waals surface area contributed by atoms with E-state index in [4.69, 9.17) is 18.3 Å². The number of hydrogen-bond donors (Lipinski definition) is 2. The molecular formula is C51H60O6Si2. The van der Waals surface area contributed by atoms with E-state index >= 15 is 0 Å². The molecule has 6 aromatic rings. The van der Waals surface area contributed by atoms with Crippen LogP contribution in [0.4, 0.5) is 0 Å². The third-order valence-corrected chi connectivity index (χ3v) is 21.4. The molecule has 0 spiro atoms. The van der Waals surface area contributed by atoms with E-state index in [1.165, 1.54) is 10.4 Å². The summed E-state index contributed by atoms with van der Waals surface area (Å²) in [4.78, 5) is 0. The molecule has 6 nitrogen and oxygen atoms in total. The Morgan fingerprint density at radius 1 is 0.492 bits per heavy atom. The van der Waals surface area contributed by atoms with Gasteiger partial charge in [-0.15, -0.1) is 0 Å². The SMILES string of the molecule is COc1cc(C[C@@H](CO)CC(O)c2ccc(O[Si](c3ccccc3)(c3ccccc3)C(C)(C)C)c(OC)c2)ccc1O[Si](c1ccccc1)(c1ccccc1)C(C)(C)C. The van der Waals surface area contributed by atoms with Crippen molar-refractivity contribution in [3.8, 4) is 23.0 Å². The lowest BCUT2D eigenvalue weighted by atomic mass is 9.91. The van der Waals surface area contributed by atoms with Crippen molar-refractivity contribution in [3.63, 3.8) is 0 Å². The third kappa shape index (κ3) is 9.06. The van der Waals surface area contributed by atoms with Crippen molar-refractivity contribution in [1.82, 2.24) is 0 Å². The summed E-state index contributed by atoms with van der Waals surface area (Å²) in [5, 5.41) is 26.5. The summed E-state index contributed by atoms with van der Waals surface area (Å²) in [6.45, 7) is 13.4. The predicted molar refractivity (Wildman–Crippen MR) is 246 cm³/mol. The van der Waals surface area contributed by atoms with Gasteiger partial charge < -0.3 is 28.5 Å². The second kappa shape index (κ2) is 18.4. The van der Waals surface area contributed by atoms with Crippen molar-refractivity contribution < 1.29 is 28.5 Å². The standard InChI is InChI=1S/C51H60O6Si2/c1-50(2,3)58(41-21-13-9-14-22-41,42-23-15-10-16-24-42)56-46-31-29-38(35-48(46)54-7)33-39(37-52)34-45(53)40-30-32-47(49(36-40)55-8)57-59(51(4,5)6,43-25-17-11-18-26-43)44-27-19-12-20-28-44/h9-32,35-36,39,45,52-53H,33-34,37H2,1-8H3/t39-,45?/m1/s1. The van der Waals surface area contributed by atoms with Gasteiger partial charge in [0, 0.05) is 6.61 Å². The van der Waals surface area contributed by atoms with Gasteiger partial charge in [0.25, 0.3) is 0 Å². The number of hydrogen-bond acceptors (Lipinski definition) is 6. The van der Waals surface area contributed by atoms with Gasteiger partial charge in [-0.05, 0) is 85.0 Å². The van der Waals surface area contributed by atoms with Crippen molar-refractivity contribution in [1.29, 1.82) is 0 Å². The molecule has 0 fully saturated rings. The van der Waals surface area contributed by atoms with E-state index in [0.717, 1.165) is 15.9 Å². The fourth-order valence-electron chi connectivity index (χ4n) is 8.54. The number of methoxy groups -OCH3 is 2. The van der Waals surface area contributed by atoms with E-state index < -0.39 is 22.7 Å². The minimum Gasteiger partial charge on any atom is -0.531 e. The average Bonchev–Trinajstić information content (AvgIpc) is 3.25. The molecular weight excluding hydrogens is 765 g/mol. The van der Waals surface area contributed by atoms with Crippen LogP contribution in [0.25, 0.3) is 0 Å². The maximum absolute atomic E-state index is 11.7. The van der Waals surface area contributed by atoms with E-state index in [-0.39, 0.29) is 22.6 Å². The van der Waals surface area contributed by atoms with Crippen LogP contribution < -0.4 is 39.1 Å². The molecule has 0 aliphatic rings. The quantitative estimate of drug-likeness (QED) is 0.0951. The first kappa shape index (κ1) is 43.5. The summed E-state index contributed by atoms with van der Waals surface area (Å²) in [6.07, 6.45) is 0.0369. The maximum atomic E-state index is 11.7. The van der Waals surface area contributed by atoms with E-state index in [1.54, 1.807) is 14.2 Å². The molecule has 0 amide bonds. The van der Waals surface area contributed by atoms with Crippen molar-refractivity contribution in [2.75, 3.05) is 20.8 Å². The van der Waals surface area contributed by atoms with Gasteiger partial charge in [0.2, 0.25) is 0 Å². The predicted octanol–water partition coefficient (Wildman–Crippen LogP) is 8.86. The van der Waals surface area contributed by atoms with Crippen LogP contribution in [0.15, 0.2) is 158 Å². The highest BCUT2D eigenvalue weighted by Crippen LogP contribution is 2.43. The summed E-state index contributed by atoms with van der Waals surface area (Å²) in [6, 6.07) is 53.8. The first-order valence-electron chi connectivity index (χ1n) is 20.5. The van der Waals surface area contributed by atoms with E-state index in [1.807, 2.05) is 60.7 Å². The molecule has 0 heterocycles. The third-order valence-electron chi connectivity index (χ3n) is 11.5. The van der Waals surface area contributed by atoms with Crippen molar-refractivity contribution in [2.45, 2.75) is 70.6 Å². The molecule has 59 heavy (non-hydrogen) atoms. The molecule has 0 aromatic heterocycles. The van der Waals surface area contributed by atoms with Crippen LogP contribution in [0.3, 0.4) is 0 Å². The second-order valence-electron chi connectivity index (χ2n) is 17.4. The topological polar surface area (TPSA) is 77.4 Å². The Morgan fingerprint density at radius 2 is 0.864 bits per heavy atom. The van der Waals surface area contributed by atoms with Crippen molar-refractivity contribution in [3.05, 3.63) is 169 Å². The first-order valence-corrected chi connectivity index (χ1v) is 24.3. The van der Waals surface area contributed by atoms with Crippen LogP contribution in [0.2, 0.25) is 10.1 Å². The lowest BCUT2D eigenvalue weighted by Gasteiger charge is -2.43.